The van der Waals surface area contributed by atoms with Gasteiger partial charge in [-0.3, -0.25) is 9.88 Å². The number of aromatic nitrogens is 1. The summed E-state index contributed by atoms with van der Waals surface area (Å²) in [4.78, 5) is 9.48. The summed E-state index contributed by atoms with van der Waals surface area (Å²) in [7, 11) is 0. The largest absolute Gasteiger partial charge is 0.380 e. The smallest absolute Gasteiger partial charge is 0.0593 e. The van der Waals surface area contributed by atoms with Gasteiger partial charge in [0, 0.05) is 63.7 Å². The molecule has 112 valence electrons. The van der Waals surface area contributed by atoms with Crippen molar-refractivity contribution in [2.24, 2.45) is 0 Å². The van der Waals surface area contributed by atoms with E-state index in [-0.39, 0.29) is 0 Å². The van der Waals surface area contributed by atoms with Gasteiger partial charge in [0.05, 0.1) is 6.61 Å². The van der Waals surface area contributed by atoms with E-state index in [1.807, 2.05) is 12.3 Å². The lowest BCUT2D eigenvalue weighted by Gasteiger charge is -2.39. The van der Waals surface area contributed by atoms with Crippen LogP contribution in [-0.2, 0) is 11.2 Å². The minimum absolute atomic E-state index is 0.618. The average Bonchev–Trinajstić information content (AvgIpc) is 2.48. The number of nitrogens with zero attached hydrogens (tertiary/aromatic N) is 3. The first-order chi connectivity index (χ1) is 9.79. The van der Waals surface area contributed by atoms with Gasteiger partial charge in [-0.15, -0.1) is 0 Å². The lowest BCUT2D eigenvalue weighted by atomic mass is 10.1. The Morgan fingerprint density at radius 1 is 1.30 bits per heavy atom. The summed E-state index contributed by atoms with van der Waals surface area (Å²) in [6.07, 6.45) is 2.93. The van der Waals surface area contributed by atoms with Gasteiger partial charge in [-0.25, -0.2) is 0 Å². The number of rotatable bonds is 7. The molecule has 1 aliphatic heterocycles. The molecule has 1 saturated heterocycles. The normalized spacial score (nSPS) is 21.2. The summed E-state index contributed by atoms with van der Waals surface area (Å²) in [5.74, 6) is 0. The molecular weight excluding hydrogens is 250 g/mol. The van der Waals surface area contributed by atoms with Crippen LogP contribution in [0.3, 0.4) is 0 Å². The van der Waals surface area contributed by atoms with E-state index in [4.69, 9.17) is 4.74 Å². The van der Waals surface area contributed by atoms with E-state index in [0.717, 1.165) is 52.4 Å². The maximum atomic E-state index is 5.45. The minimum Gasteiger partial charge on any atom is -0.380 e. The molecular formula is C16H27N3O. The summed E-state index contributed by atoms with van der Waals surface area (Å²) < 4.78 is 5.45. The molecule has 0 unspecified atom stereocenters. The Morgan fingerprint density at radius 2 is 2.20 bits per heavy atom. The summed E-state index contributed by atoms with van der Waals surface area (Å²) in [5, 5.41) is 0. The quantitative estimate of drug-likeness (QED) is 0.709. The van der Waals surface area contributed by atoms with Gasteiger partial charge in [-0.05, 0) is 26.0 Å². The van der Waals surface area contributed by atoms with Gasteiger partial charge < -0.3 is 9.64 Å². The highest BCUT2D eigenvalue weighted by atomic mass is 16.5. The highest BCUT2D eigenvalue weighted by Gasteiger charge is 2.22. The SMILES string of the molecule is CCOCCN1CCN(CCc2ccccn2)C[C@H]1C. The second-order valence-electron chi connectivity index (χ2n) is 5.45. The van der Waals surface area contributed by atoms with Crippen LogP contribution in [0.15, 0.2) is 24.4 Å². The van der Waals surface area contributed by atoms with E-state index >= 15 is 0 Å². The zero-order valence-corrected chi connectivity index (χ0v) is 12.8. The van der Waals surface area contributed by atoms with Crippen molar-refractivity contribution in [2.75, 3.05) is 45.9 Å². The van der Waals surface area contributed by atoms with Gasteiger partial charge in [0.1, 0.15) is 0 Å². The van der Waals surface area contributed by atoms with Gasteiger partial charge in [-0.2, -0.15) is 0 Å². The number of pyridine rings is 1. The van der Waals surface area contributed by atoms with Crippen molar-refractivity contribution in [3.8, 4) is 0 Å². The maximum Gasteiger partial charge on any atom is 0.0593 e. The second-order valence-corrected chi connectivity index (χ2v) is 5.45. The fourth-order valence-corrected chi connectivity index (χ4v) is 2.75. The first-order valence-electron chi connectivity index (χ1n) is 7.73. The van der Waals surface area contributed by atoms with Crippen LogP contribution in [0, 0.1) is 0 Å². The third-order valence-electron chi connectivity index (χ3n) is 3.99. The van der Waals surface area contributed by atoms with Crippen molar-refractivity contribution in [2.45, 2.75) is 26.3 Å². The average molecular weight is 277 g/mol. The van der Waals surface area contributed by atoms with E-state index in [1.165, 1.54) is 5.69 Å². The minimum atomic E-state index is 0.618. The maximum absolute atomic E-state index is 5.45. The van der Waals surface area contributed by atoms with E-state index in [9.17, 15) is 0 Å². The van der Waals surface area contributed by atoms with Crippen LogP contribution in [0.5, 0.6) is 0 Å². The van der Waals surface area contributed by atoms with Gasteiger partial charge in [0.25, 0.3) is 0 Å². The Kier molecular flexibility index (Phi) is 6.43. The molecule has 0 aromatic carbocycles. The van der Waals surface area contributed by atoms with Crippen LogP contribution in [0.25, 0.3) is 0 Å². The predicted molar refractivity (Wildman–Crippen MR) is 81.9 cm³/mol. The topological polar surface area (TPSA) is 28.6 Å². The van der Waals surface area contributed by atoms with E-state index in [1.54, 1.807) is 0 Å². The highest BCUT2D eigenvalue weighted by Crippen LogP contribution is 2.10. The fraction of sp³-hybridized carbons (Fsp3) is 0.688. The summed E-state index contributed by atoms with van der Waals surface area (Å²) in [5.41, 5.74) is 1.19. The molecule has 0 N–H and O–H groups in total. The molecule has 1 fully saturated rings. The van der Waals surface area contributed by atoms with Crippen LogP contribution < -0.4 is 0 Å². The van der Waals surface area contributed by atoms with Crippen LogP contribution in [0.1, 0.15) is 19.5 Å². The van der Waals surface area contributed by atoms with Crippen molar-refractivity contribution < 1.29 is 4.74 Å². The Bertz CT molecular complexity index is 371. The van der Waals surface area contributed by atoms with E-state index in [2.05, 4.69) is 40.8 Å². The van der Waals surface area contributed by atoms with Gasteiger partial charge >= 0.3 is 0 Å². The van der Waals surface area contributed by atoms with Gasteiger partial charge in [-0.1, -0.05) is 6.07 Å². The lowest BCUT2D eigenvalue weighted by Crippen LogP contribution is -2.52. The molecule has 0 radical (unpaired) electrons. The Balaban J connectivity index is 1.69. The zero-order chi connectivity index (χ0) is 14.2. The molecule has 0 aliphatic carbocycles. The monoisotopic (exact) mass is 277 g/mol. The third kappa shape index (κ3) is 4.85. The molecule has 1 aromatic heterocycles. The summed E-state index contributed by atoms with van der Waals surface area (Å²) in [6.45, 7) is 11.7. The molecule has 4 heteroatoms. The molecule has 0 amide bonds. The first kappa shape index (κ1) is 15.4. The number of hydrogen-bond acceptors (Lipinski definition) is 4. The van der Waals surface area contributed by atoms with Crippen molar-refractivity contribution in [1.82, 2.24) is 14.8 Å². The number of piperazine rings is 1. The zero-order valence-electron chi connectivity index (χ0n) is 12.8. The second kappa shape index (κ2) is 8.35. The summed E-state index contributed by atoms with van der Waals surface area (Å²) in [6, 6.07) is 6.77. The molecule has 4 nitrogen and oxygen atoms in total. The third-order valence-corrected chi connectivity index (χ3v) is 3.99. The Labute approximate surface area is 122 Å². The molecule has 2 rings (SSSR count). The van der Waals surface area contributed by atoms with Crippen molar-refractivity contribution >= 4 is 0 Å². The number of ether oxygens (including phenoxy) is 1. The number of hydrogen-bond donors (Lipinski definition) is 0. The lowest BCUT2D eigenvalue weighted by molar-refractivity contribution is 0.0497. The highest BCUT2D eigenvalue weighted by molar-refractivity contribution is 5.03. The molecule has 2 heterocycles. The fourth-order valence-electron chi connectivity index (χ4n) is 2.75. The van der Waals surface area contributed by atoms with Crippen LogP contribution in [0.4, 0.5) is 0 Å². The van der Waals surface area contributed by atoms with Crippen molar-refractivity contribution in [1.29, 1.82) is 0 Å². The Hall–Kier alpha value is -0.970. The molecule has 0 bridgehead atoms. The Morgan fingerprint density at radius 3 is 2.90 bits per heavy atom. The van der Waals surface area contributed by atoms with Crippen LogP contribution in [0.2, 0.25) is 0 Å². The molecule has 0 saturated carbocycles. The molecule has 20 heavy (non-hydrogen) atoms. The van der Waals surface area contributed by atoms with Gasteiger partial charge in [0.2, 0.25) is 0 Å². The molecule has 1 aromatic rings. The molecule has 0 spiro atoms. The first-order valence-corrected chi connectivity index (χ1v) is 7.73. The van der Waals surface area contributed by atoms with Crippen molar-refractivity contribution in [3.05, 3.63) is 30.1 Å². The van der Waals surface area contributed by atoms with Crippen LogP contribution in [-0.4, -0.2) is 66.8 Å². The molecule has 1 atom stereocenters. The molecule has 1 aliphatic rings. The van der Waals surface area contributed by atoms with Crippen molar-refractivity contribution in [3.63, 3.8) is 0 Å². The van der Waals surface area contributed by atoms with E-state index in [0.29, 0.717) is 6.04 Å². The van der Waals surface area contributed by atoms with Crippen LogP contribution >= 0.6 is 0 Å². The van der Waals surface area contributed by atoms with E-state index < -0.39 is 0 Å². The standard InChI is InChI=1S/C16H27N3O/c1-3-20-13-12-19-11-10-18(14-15(19)2)9-7-16-6-4-5-8-17-16/h4-6,8,15H,3,7,9-14H2,1-2H3/t15-/m1/s1. The predicted octanol–water partition coefficient (Wildman–Crippen LogP) is 1.67. The summed E-state index contributed by atoms with van der Waals surface area (Å²) >= 11 is 0. The van der Waals surface area contributed by atoms with Gasteiger partial charge in [0.15, 0.2) is 0 Å².